The summed E-state index contributed by atoms with van der Waals surface area (Å²) < 4.78 is 1.20. The SMILES string of the molecule is CCC(N)Cc1ccc(N2CC(C)CCC2C)cc1Br. The number of nitrogens with two attached hydrogens (primary N) is 1. The van der Waals surface area contributed by atoms with Crippen molar-refractivity contribution in [2.24, 2.45) is 11.7 Å². The van der Waals surface area contributed by atoms with Crippen LogP contribution in [0.5, 0.6) is 0 Å². The lowest BCUT2D eigenvalue weighted by Gasteiger charge is -2.38. The molecular formula is C17H27BrN2. The summed E-state index contributed by atoms with van der Waals surface area (Å²) in [5.41, 5.74) is 8.72. The molecule has 0 spiro atoms. The average Bonchev–Trinajstić information content (AvgIpc) is 2.43. The molecule has 1 heterocycles. The first-order valence-corrected chi connectivity index (χ1v) is 8.61. The van der Waals surface area contributed by atoms with Gasteiger partial charge in [0.1, 0.15) is 0 Å². The van der Waals surface area contributed by atoms with E-state index in [9.17, 15) is 0 Å². The first kappa shape index (κ1) is 15.8. The van der Waals surface area contributed by atoms with Gasteiger partial charge < -0.3 is 10.6 Å². The maximum absolute atomic E-state index is 6.06. The summed E-state index contributed by atoms with van der Waals surface area (Å²) in [6.07, 6.45) is 4.61. The highest BCUT2D eigenvalue weighted by Crippen LogP contribution is 2.31. The van der Waals surface area contributed by atoms with E-state index in [0.29, 0.717) is 6.04 Å². The minimum Gasteiger partial charge on any atom is -0.369 e. The van der Waals surface area contributed by atoms with Gasteiger partial charge >= 0.3 is 0 Å². The van der Waals surface area contributed by atoms with Crippen molar-refractivity contribution in [3.63, 3.8) is 0 Å². The van der Waals surface area contributed by atoms with E-state index in [4.69, 9.17) is 5.73 Å². The third kappa shape index (κ3) is 3.76. The van der Waals surface area contributed by atoms with Crippen molar-refractivity contribution >= 4 is 21.6 Å². The second-order valence-electron chi connectivity index (χ2n) is 6.33. The largest absolute Gasteiger partial charge is 0.369 e. The van der Waals surface area contributed by atoms with Gasteiger partial charge in [-0.1, -0.05) is 35.8 Å². The topological polar surface area (TPSA) is 29.3 Å². The van der Waals surface area contributed by atoms with Gasteiger partial charge in [0.2, 0.25) is 0 Å². The quantitative estimate of drug-likeness (QED) is 0.883. The molecule has 2 nitrogen and oxygen atoms in total. The first-order chi connectivity index (χ1) is 9.51. The van der Waals surface area contributed by atoms with Crippen molar-refractivity contribution in [1.29, 1.82) is 0 Å². The molecule has 1 fully saturated rings. The number of piperidine rings is 1. The third-order valence-electron chi connectivity index (χ3n) is 4.49. The number of hydrogen-bond acceptors (Lipinski definition) is 2. The van der Waals surface area contributed by atoms with Gasteiger partial charge in [-0.15, -0.1) is 0 Å². The van der Waals surface area contributed by atoms with E-state index in [0.717, 1.165) is 18.8 Å². The molecule has 2 rings (SSSR count). The predicted octanol–water partition coefficient (Wildman–Crippen LogP) is 4.35. The van der Waals surface area contributed by atoms with Crippen molar-refractivity contribution in [1.82, 2.24) is 0 Å². The molecule has 0 bridgehead atoms. The van der Waals surface area contributed by atoms with Crippen LogP contribution < -0.4 is 10.6 Å². The number of rotatable bonds is 4. The summed E-state index contributed by atoms with van der Waals surface area (Å²) >= 11 is 3.72. The summed E-state index contributed by atoms with van der Waals surface area (Å²) in [6.45, 7) is 7.99. The van der Waals surface area contributed by atoms with Crippen LogP contribution in [0.3, 0.4) is 0 Å². The molecule has 0 amide bonds. The number of halogens is 1. The van der Waals surface area contributed by atoms with Crippen LogP contribution in [0.15, 0.2) is 22.7 Å². The fourth-order valence-corrected chi connectivity index (χ4v) is 3.48. The van der Waals surface area contributed by atoms with Gasteiger partial charge in [-0.3, -0.25) is 0 Å². The van der Waals surface area contributed by atoms with Crippen molar-refractivity contribution in [2.45, 2.75) is 58.5 Å². The Hall–Kier alpha value is -0.540. The predicted molar refractivity (Wildman–Crippen MR) is 91.3 cm³/mol. The van der Waals surface area contributed by atoms with Crippen molar-refractivity contribution < 1.29 is 0 Å². The highest BCUT2D eigenvalue weighted by Gasteiger charge is 2.23. The Morgan fingerprint density at radius 1 is 1.35 bits per heavy atom. The lowest BCUT2D eigenvalue weighted by Crippen LogP contribution is -2.41. The van der Waals surface area contributed by atoms with Crippen LogP contribution in [-0.2, 0) is 6.42 Å². The molecule has 3 unspecified atom stereocenters. The Morgan fingerprint density at radius 2 is 2.10 bits per heavy atom. The Morgan fingerprint density at radius 3 is 2.75 bits per heavy atom. The van der Waals surface area contributed by atoms with Crippen molar-refractivity contribution in [3.05, 3.63) is 28.2 Å². The molecule has 0 aliphatic carbocycles. The second-order valence-corrected chi connectivity index (χ2v) is 7.19. The summed E-state index contributed by atoms with van der Waals surface area (Å²) in [6, 6.07) is 7.66. The van der Waals surface area contributed by atoms with E-state index in [-0.39, 0.29) is 6.04 Å². The van der Waals surface area contributed by atoms with Crippen LogP contribution in [0.25, 0.3) is 0 Å². The lowest BCUT2D eigenvalue weighted by atomic mass is 9.94. The second kappa shape index (κ2) is 6.95. The molecule has 0 radical (unpaired) electrons. The Balaban J connectivity index is 2.15. The van der Waals surface area contributed by atoms with Crippen LogP contribution in [0.2, 0.25) is 0 Å². The highest BCUT2D eigenvalue weighted by molar-refractivity contribution is 9.10. The average molecular weight is 339 g/mol. The molecule has 1 aliphatic heterocycles. The fourth-order valence-electron chi connectivity index (χ4n) is 2.96. The third-order valence-corrected chi connectivity index (χ3v) is 5.23. The van der Waals surface area contributed by atoms with E-state index >= 15 is 0 Å². The zero-order valence-electron chi connectivity index (χ0n) is 12.9. The fraction of sp³-hybridized carbons (Fsp3) is 0.647. The van der Waals surface area contributed by atoms with E-state index in [1.165, 1.54) is 35.1 Å². The van der Waals surface area contributed by atoms with Gasteiger partial charge in [-0.25, -0.2) is 0 Å². The zero-order chi connectivity index (χ0) is 14.7. The molecule has 0 aromatic heterocycles. The lowest BCUT2D eigenvalue weighted by molar-refractivity contribution is 0.390. The Kier molecular flexibility index (Phi) is 5.50. The number of benzene rings is 1. The maximum Gasteiger partial charge on any atom is 0.0380 e. The Bertz CT molecular complexity index is 447. The van der Waals surface area contributed by atoms with Gasteiger partial charge in [-0.05, 0) is 56.2 Å². The monoisotopic (exact) mass is 338 g/mol. The number of anilines is 1. The van der Waals surface area contributed by atoms with Crippen LogP contribution in [0, 0.1) is 5.92 Å². The van der Waals surface area contributed by atoms with Gasteiger partial charge in [0.15, 0.2) is 0 Å². The molecule has 2 N–H and O–H groups in total. The van der Waals surface area contributed by atoms with E-state index in [1.807, 2.05) is 0 Å². The van der Waals surface area contributed by atoms with E-state index in [2.05, 4.69) is 59.8 Å². The summed E-state index contributed by atoms with van der Waals surface area (Å²) in [5.74, 6) is 0.790. The molecule has 1 aliphatic rings. The minimum atomic E-state index is 0.256. The molecule has 1 saturated heterocycles. The molecule has 20 heavy (non-hydrogen) atoms. The molecule has 1 aromatic rings. The van der Waals surface area contributed by atoms with Crippen molar-refractivity contribution in [2.75, 3.05) is 11.4 Å². The van der Waals surface area contributed by atoms with Crippen LogP contribution >= 0.6 is 15.9 Å². The molecule has 112 valence electrons. The summed E-state index contributed by atoms with van der Waals surface area (Å²) in [7, 11) is 0. The molecule has 3 atom stereocenters. The number of hydrogen-bond donors (Lipinski definition) is 1. The number of nitrogens with zero attached hydrogens (tertiary/aromatic N) is 1. The summed E-state index contributed by atoms with van der Waals surface area (Å²) in [4.78, 5) is 2.54. The standard InChI is InChI=1S/C17H27BrN2/c1-4-15(19)9-14-7-8-16(10-17(14)18)20-11-12(2)5-6-13(20)3/h7-8,10,12-13,15H,4-6,9,11,19H2,1-3H3. The maximum atomic E-state index is 6.06. The first-order valence-electron chi connectivity index (χ1n) is 7.81. The van der Waals surface area contributed by atoms with Crippen LogP contribution in [0.1, 0.15) is 45.6 Å². The van der Waals surface area contributed by atoms with Crippen LogP contribution in [0.4, 0.5) is 5.69 Å². The van der Waals surface area contributed by atoms with E-state index in [1.54, 1.807) is 0 Å². The van der Waals surface area contributed by atoms with Gasteiger partial charge in [0, 0.05) is 28.8 Å². The Labute approximate surface area is 131 Å². The molecule has 1 aromatic carbocycles. The normalized spacial score (nSPS) is 24.8. The van der Waals surface area contributed by atoms with Crippen LogP contribution in [-0.4, -0.2) is 18.6 Å². The van der Waals surface area contributed by atoms with Gasteiger partial charge in [0.25, 0.3) is 0 Å². The summed E-state index contributed by atoms with van der Waals surface area (Å²) in [5, 5.41) is 0. The van der Waals surface area contributed by atoms with Gasteiger partial charge in [-0.2, -0.15) is 0 Å². The van der Waals surface area contributed by atoms with Gasteiger partial charge in [0.05, 0.1) is 0 Å². The minimum absolute atomic E-state index is 0.256. The molecule has 3 heteroatoms. The molecular weight excluding hydrogens is 312 g/mol. The zero-order valence-corrected chi connectivity index (χ0v) is 14.5. The molecule has 0 saturated carbocycles. The smallest absolute Gasteiger partial charge is 0.0380 e. The van der Waals surface area contributed by atoms with E-state index < -0.39 is 0 Å². The highest BCUT2D eigenvalue weighted by atomic mass is 79.9. The van der Waals surface area contributed by atoms with Crippen molar-refractivity contribution in [3.8, 4) is 0 Å².